The maximum atomic E-state index is 12.5. The SMILES string of the molecule is O=C(Nc1cccc2cn[nH]c12)c1ccc(Oc2ccccc2)cc1. The Morgan fingerprint density at radius 2 is 1.64 bits per heavy atom. The largest absolute Gasteiger partial charge is 0.457 e. The highest BCUT2D eigenvalue weighted by Gasteiger charge is 2.09. The molecule has 1 heterocycles. The molecule has 0 bridgehead atoms. The molecule has 0 aliphatic heterocycles. The highest BCUT2D eigenvalue weighted by Crippen LogP contribution is 2.23. The Kier molecular flexibility index (Phi) is 3.88. The number of aromatic amines is 1. The number of anilines is 1. The smallest absolute Gasteiger partial charge is 0.255 e. The molecule has 0 unspecified atom stereocenters. The van der Waals surface area contributed by atoms with Gasteiger partial charge in [0, 0.05) is 10.9 Å². The fourth-order valence-electron chi connectivity index (χ4n) is 2.57. The minimum Gasteiger partial charge on any atom is -0.457 e. The van der Waals surface area contributed by atoms with Crippen LogP contribution in [0.15, 0.2) is 79.0 Å². The third-order valence-electron chi connectivity index (χ3n) is 3.82. The van der Waals surface area contributed by atoms with Gasteiger partial charge in [0.1, 0.15) is 11.5 Å². The minimum absolute atomic E-state index is 0.187. The van der Waals surface area contributed by atoms with Gasteiger partial charge >= 0.3 is 0 Å². The standard InChI is InChI=1S/C20H15N3O2/c24-20(22-18-8-4-5-15-13-21-23-19(15)18)14-9-11-17(12-10-14)25-16-6-2-1-3-7-16/h1-13H,(H,21,23)(H,22,24). The van der Waals surface area contributed by atoms with Crippen LogP contribution in [0.2, 0.25) is 0 Å². The van der Waals surface area contributed by atoms with Crippen LogP contribution in [-0.2, 0) is 0 Å². The predicted molar refractivity (Wildman–Crippen MR) is 97.0 cm³/mol. The molecule has 0 aliphatic carbocycles. The Hall–Kier alpha value is -3.60. The fraction of sp³-hybridized carbons (Fsp3) is 0. The maximum absolute atomic E-state index is 12.5. The highest BCUT2D eigenvalue weighted by molar-refractivity contribution is 6.08. The number of nitrogens with zero attached hydrogens (tertiary/aromatic N) is 1. The molecule has 122 valence electrons. The van der Waals surface area contributed by atoms with Gasteiger partial charge < -0.3 is 10.1 Å². The van der Waals surface area contributed by atoms with E-state index in [1.54, 1.807) is 30.5 Å². The number of carbonyl (C=O) groups is 1. The second-order valence-corrected chi connectivity index (χ2v) is 5.53. The first-order valence-corrected chi connectivity index (χ1v) is 7.86. The van der Waals surface area contributed by atoms with E-state index in [-0.39, 0.29) is 5.91 Å². The molecule has 1 aromatic heterocycles. The molecule has 0 spiro atoms. The van der Waals surface area contributed by atoms with Gasteiger partial charge in [0.2, 0.25) is 0 Å². The lowest BCUT2D eigenvalue weighted by atomic mass is 10.2. The van der Waals surface area contributed by atoms with Gasteiger partial charge in [-0.05, 0) is 42.5 Å². The van der Waals surface area contributed by atoms with Gasteiger partial charge in [-0.15, -0.1) is 0 Å². The van der Waals surface area contributed by atoms with Crippen molar-refractivity contribution < 1.29 is 9.53 Å². The van der Waals surface area contributed by atoms with Crippen molar-refractivity contribution in [3.63, 3.8) is 0 Å². The van der Waals surface area contributed by atoms with Crippen LogP contribution in [0.5, 0.6) is 11.5 Å². The number of aromatic nitrogens is 2. The quantitative estimate of drug-likeness (QED) is 0.574. The lowest BCUT2D eigenvalue weighted by molar-refractivity contribution is 0.102. The molecule has 4 rings (SSSR count). The Labute approximate surface area is 144 Å². The van der Waals surface area contributed by atoms with Crippen LogP contribution in [0.4, 0.5) is 5.69 Å². The molecule has 2 N–H and O–H groups in total. The molecule has 0 saturated heterocycles. The molecule has 25 heavy (non-hydrogen) atoms. The summed E-state index contributed by atoms with van der Waals surface area (Å²) in [5.41, 5.74) is 2.06. The molecule has 5 heteroatoms. The topological polar surface area (TPSA) is 67.0 Å². The molecule has 4 aromatic rings. The molecule has 5 nitrogen and oxygen atoms in total. The van der Waals surface area contributed by atoms with Crippen molar-refractivity contribution >= 4 is 22.5 Å². The average molecular weight is 329 g/mol. The van der Waals surface area contributed by atoms with Gasteiger partial charge in [0.25, 0.3) is 5.91 Å². The second-order valence-electron chi connectivity index (χ2n) is 5.53. The second kappa shape index (κ2) is 6.49. The first-order valence-electron chi connectivity index (χ1n) is 7.86. The van der Waals surface area contributed by atoms with E-state index in [2.05, 4.69) is 15.5 Å². The Morgan fingerprint density at radius 1 is 0.880 bits per heavy atom. The van der Waals surface area contributed by atoms with E-state index in [9.17, 15) is 4.79 Å². The molecular weight excluding hydrogens is 314 g/mol. The first kappa shape index (κ1) is 15.0. The summed E-state index contributed by atoms with van der Waals surface area (Å²) in [5.74, 6) is 1.25. The number of fused-ring (bicyclic) bond motifs is 1. The Bertz CT molecular complexity index is 1010. The lowest BCUT2D eigenvalue weighted by Crippen LogP contribution is -2.12. The van der Waals surface area contributed by atoms with E-state index in [0.29, 0.717) is 17.0 Å². The number of nitrogens with one attached hydrogen (secondary N) is 2. The summed E-state index contributed by atoms with van der Waals surface area (Å²) in [4.78, 5) is 12.5. The molecule has 3 aromatic carbocycles. The van der Waals surface area contributed by atoms with Crippen molar-refractivity contribution in [3.8, 4) is 11.5 Å². The molecular formula is C20H15N3O2. The molecule has 0 fully saturated rings. The minimum atomic E-state index is -0.187. The zero-order valence-electron chi connectivity index (χ0n) is 13.3. The van der Waals surface area contributed by atoms with Crippen molar-refractivity contribution in [1.82, 2.24) is 10.2 Å². The summed E-state index contributed by atoms with van der Waals surface area (Å²) in [6, 6.07) is 22.2. The summed E-state index contributed by atoms with van der Waals surface area (Å²) >= 11 is 0. The van der Waals surface area contributed by atoms with Gasteiger partial charge in [-0.1, -0.05) is 30.3 Å². The summed E-state index contributed by atoms with van der Waals surface area (Å²) in [7, 11) is 0. The van der Waals surface area contributed by atoms with Crippen LogP contribution in [0, 0.1) is 0 Å². The first-order chi connectivity index (χ1) is 12.3. The van der Waals surface area contributed by atoms with E-state index in [1.165, 1.54) is 0 Å². The number of hydrogen-bond acceptors (Lipinski definition) is 3. The van der Waals surface area contributed by atoms with Crippen molar-refractivity contribution in [2.45, 2.75) is 0 Å². The monoisotopic (exact) mass is 329 g/mol. The van der Waals surface area contributed by atoms with E-state index in [0.717, 1.165) is 16.7 Å². The number of benzene rings is 3. The molecule has 0 radical (unpaired) electrons. The summed E-state index contributed by atoms with van der Waals surface area (Å²) in [6.07, 6.45) is 1.72. The third kappa shape index (κ3) is 3.21. The number of amides is 1. The molecule has 0 saturated carbocycles. The number of hydrogen-bond donors (Lipinski definition) is 2. The van der Waals surface area contributed by atoms with Gasteiger partial charge in [0.05, 0.1) is 17.4 Å². The fourth-order valence-corrected chi connectivity index (χ4v) is 2.57. The van der Waals surface area contributed by atoms with Gasteiger partial charge in [0.15, 0.2) is 0 Å². The molecule has 0 atom stereocenters. The van der Waals surface area contributed by atoms with Crippen molar-refractivity contribution in [1.29, 1.82) is 0 Å². The average Bonchev–Trinajstić information content (AvgIpc) is 3.13. The van der Waals surface area contributed by atoms with Crippen molar-refractivity contribution in [2.24, 2.45) is 0 Å². The Morgan fingerprint density at radius 3 is 2.44 bits per heavy atom. The zero-order valence-corrected chi connectivity index (χ0v) is 13.3. The lowest BCUT2D eigenvalue weighted by Gasteiger charge is -2.08. The number of H-pyrrole nitrogens is 1. The molecule has 0 aliphatic rings. The number of para-hydroxylation sites is 2. The van der Waals surface area contributed by atoms with Gasteiger partial charge in [-0.2, -0.15) is 5.10 Å². The number of ether oxygens (including phenoxy) is 1. The van der Waals surface area contributed by atoms with Crippen LogP contribution >= 0.6 is 0 Å². The summed E-state index contributed by atoms with van der Waals surface area (Å²) < 4.78 is 5.73. The van der Waals surface area contributed by atoms with Crippen LogP contribution in [0.25, 0.3) is 10.9 Å². The Balaban J connectivity index is 1.50. The van der Waals surface area contributed by atoms with Gasteiger partial charge in [-0.25, -0.2) is 0 Å². The van der Waals surface area contributed by atoms with Crippen LogP contribution in [0.3, 0.4) is 0 Å². The van der Waals surface area contributed by atoms with E-state index in [1.807, 2.05) is 48.5 Å². The summed E-state index contributed by atoms with van der Waals surface area (Å²) in [6.45, 7) is 0. The number of carbonyl (C=O) groups excluding carboxylic acids is 1. The van der Waals surface area contributed by atoms with E-state index >= 15 is 0 Å². The summed E-state index contributed by atoms with van der Waals surface area (Å²) in [5, 5.41) is 10.8. The number of rotatable bonds is 4. The third-order valence-corrected chi connectivity index (χ3v) is 3.82. The van der Waals surface area contributed by atoms with E-state index in [4.69, 9.17) is 4.74 Å². The van der Waals surface area contributed by atoms with E-state index < -0.39 is 0 Å². The normalized spacial score (nSPS) is 10.6. The van der Waals surface area contributed by atoms with Gasteiger partial charge in [-0.3, -0.25) is 9.89 Å². The van der Waals surface area contributed by atoms with Crippen LogP contribution in [0.1, 0.15) is 10.4 Å². The van der Waals surface area contributed by atoms with Crippen LogP contribution in [-0.4, -0.2) is 16.1 Å². The molecule has 1 amide bonds. The van der Waals surface area contributed by atoms with Crippen LogP contribution < -0.4 is 10.1 Å². The maximum Gasteiger partial charge on any atom is 0.255 e. The van der Waals surface area contributed by atoms with Crippen molar-refractivity contribution in [2.75, 3.05) is 5.32 Å². The zero-order chi connectivity index (χ0) is 17.1. The highest BCUT2D eigenvalue weighted by atomic mass is 16.5. The predicted octanol–water partition coefficient (Wildman–Crippen LogP) is 4.61. The van der Waals surface area contributed by atoms with Crippen molar-refractivity contribution in [3.05, 3.63) is 84.6 Å².